The largest absolute Gasteiger partial charge is 0.491 e. The first-order chi connectivity index (χ1) is 16.3. The Morgan fingerprint density at radius 1 is 1.29 bits per heavy atom. The average molecular weight is 524 g/mol. The molecule has 9 heteroatoms. The highest BCUT2D eigenvalue weighted by Gasteiger charge is 2.62. The number of hydrogen-bond donors (Lipinski definition) is 1. The fraction of sp³-hybridized carbons (Fsp3) is 0.440. The number of carbonyl (C=O) groups excluding carboxylic acids is 2. The molecule has 34 heavy (non-hydrogen) atoms. The SMILES string of the molecule is CC(=O)c1nn2c3c(cccc13)OCCc1cc(Br)nc(c1)NCC1CC3(C)CC3N1C(=O)C2. The minimum Gasteiger partial charge on any atom is -0.491 e. The predicted octanol–water partition coefficient (Wildman–Crippen LogP) is 3.82. The van der Waals surface area contributed by atoms with Crippen LogP contribution in [0.1, 0.15) is 42.7 Å². The lowest BCUT2D eigenvalue weighted by molar-refractivity contribution is -0.133. The van der Waals surface area contributed by atoms with Crippen molar-refractivity contribution in [3.05, 3.63) is 46.2 Å². The van der Waals surface area contributed by atoms with Gasteiger partial charge in [-0.05, 0) is 57.9 Å². The van der Waals surface area contributed by atoms with Crippen LogP contribution in [-0.2, 0) is 17.8 Å². The highest BCUT2D eigenvalue weighted by Crippen LogP contribution is 2.59. The van der Waals surface area contributed by atoms with Gasteiger partial charge in [-0.3, -0.25) is 14.3 Å². The Bertz CT molecular complexity index is 1340. The Kier molecular flexibility index (Phi) is 4.95. The number of ether oxygens (including phenoxy) is 1. The molecule has 1 saturated carbocycles. The molecule has 4 heterocycles. The number of fused-ring (bicyclic) bond motifs is 5. The van der Waals surface area contributed by atoms with Crippen molar-refractivity contribution in [1.29, 1.82) is 0 Å². The molecule has 1 saturated heterocycles. The standard InChI is InChI=1S/C25H26BrN5O3/c1-14(32)23-17-4-3-5-18-24(17)30(29-23)13-22(33)31-16(10-25(2)11-19(25)31)12-27-21-9-15(6-7-34-18)8-20(26)28-21/h3-5,8-9,16,19H,6-7,10-13H2,1-2H3,(H,27,28). The number of hydrogen-bond acceptors (Lipinski definition) is 6. The first-order valence-corrected chi connectivity index (χ1v) is 12.5. The summed E-state index contributed by atoms with van der Waals surface area (Å²) in [6.07, 6.45) is 2.68. The first kappa shape index (κ1) is 21.6. The first-order valence-electron chi connectivity index (χ1n) is 11.7. The molecule has 0 radical (unpaired) electrons. The quantitative estimate of drug-likeness (QED) is 0.385. The Morgan fingerprint density at radius 3 is 2.97 bits per heavy atom. The van der Waals surface area contributed by atoms with Crippen LogP contribution in [0.5, 0.6) is 5.75 Å². The zero-order valence-electron chi connectivity index (χ0n) is 19.2. The second-order valence-corrected chi connectivity index (χ2v) is 10.7. The highest BCUT2D eigenvalue weighted by atomic mass is 79.9. The summed E-state index contributed by atoms with van der Waals surface area (Å²) in [5.41, 5.74) is 2.33. The van der Waals surface area contributed by atoms with Crippen LogP contribution in [0.4, 0.5) is 5.82 Å². The summed E-state index contributed by atoms with van der Waals surface area (Å²) in [4.78, 5) is 32.6. The number of benzene rings is 1. The molecule has 3 atom stereocenters. The van der Waals surface area contributed by atoms with Crippen molar-refractivity contribution in [2.45, 2.75) is 51.7 Å². The number of carbonyl (C=O) groups is 2. The van der Waals surface area contributed by atoms with E-state index in [1.54, 1.807) is 4.68 Å². The summed E-state index contributed by atoms with van der Waals surface area (Å²) in [6, 6.07) is 9.97. The van der Waals surface area contributed by atoms with Crippen molar-refractivity contribution in [2.24, 2.45) is 5.41 Å². The summed E-state index contributed by atoms with van der Waals surface area (Å²) in [6.45, 7) is 4.92. The van der Waals surface area contributed by atoms with E-state index in [2.05, 4.69) is 38.3 Å². The average Bonchev–Trinajstić information content (AvgIpc) is 3.15. The van der Waals surface area contributed by atoms with Gasteiger partial charge in [-0.2, -0.15) is 5.10 Å². The second-order valence-electron chi connectivity index (χ2n) is 9.91. The van der Waals surface area contributed by atoms with E-state index < -0.39 is 0 Å². The highest BCUT2D eigenvalue weighted by molar-refractivity contribution is 9.10. The van der Waals surface area contributed by atoms with Crippen molar-refractivity contribution in [3.8, 4) is 5.75 Å². The van der Waals surface area contributed by atoms with Gasteiger partial charge in [0.25, 0.3) is 0 Å². The molecule has 8 nitrogen and oxygen atoms in total. The number of pyridine rings is 1. The Labute approximate surface area is 205 Å². The molecule has 3 aromatic rings. The number of anilines is 1. The van der Waals surface area contributed by atoms with Crippen molar-refractivity contribution in [3.63, 3.8) is 0 Å². The smallest absolute Gasteiger partial charge is 0.244 e. The van der Waals surface area contributed by atoms with Crippen LogP contribution in [0, 0.1) is 5.41 Å². The van der Waals surface area contributed by atoms with Crippen LogP contribution in [0.2, 0.25) is 0 Å². The lowest BCUT2D eigenvalue weighted by atomic mass is 10.0. The molecule has 176 valence electrons. The number of ketones is 1. The Hall–Kier alpha value is -2.94. The minimum atomic E-state index is -0.130. The maximum absolute atomic E-state index is 13.7. The van der Waals surface area contributed by atoms with Crippen LogP contribution in [0.3, 0.4) is 0 Å². The molecule has 1 aromatic carbocycles. The molecular formula is C25H26BrN5O3. The zero-order valence-corrected chi connectivity index (χ0v) is 20.8. The van der Waals surface area contributed by atoms with Gasteiger partial charge in [0.1, 0.15) is 33.9 Å². The van der Waals surface area contributed by atoms with Gasteiger partial charge < -0.3 is 15.0 Å². The van der Waals surface area contributed by atoms with Gasteiger partial charge in [-0.1, -0.05) is 19.1 Å². The van der Waals surface area contributed by atoms with Crippen molar-refractivity contribution >= 4 is 44.3 Å². The van der Waals surface area contributed by atoms with Gasteiger partial charge in [0, 0.05) is 37.4 Å². The predicted molar refractivity (Wildman–Crippen MR) is 131 cm³/mol. The second kappa shape index (κ2) is 7.80. The van der Waals surface area contributed by atoms with Crippen LogP contribution in [0.25, 0.3) is 10.9 Å². The van der Waals surface area contributed by atoms with Crippen molar-refractivity contribution in [1.82, 2.24) is 19.7 Å². The van der Waals surface area contributed by atoms with Gasteiger partial charge in [-0.25, -0.2) is 4.98 Å². The fourth-order valence-corrected chi connectivity index (χ4v) is 6.15. The topological polar surface area (TPSA) is 89.3 Å². The zero-order chi connectivity index (χ0) is 23.6. The van der Waals surface area contributed by atoms with Gasteiger partial charge in [0.2, 0.25) is 5.91 Å². The molecule has 2 fully saturated rings. The number of rotatable bonds is 1. The van der Waals surface area contributed by atoms with E-state index in [-0.39, 0.29) is 35.7 Å². The molecule has 2 aliphatic heterocycles. The number of para-hydroxylation sites is 1. The van der Waals surface area contributed by atoms with Gasteiger partial charge in [0.05, 0.1) is 6.61 Å². The number of aromatic nitrogens is 3. The van der Waals surface area contributed by atoms with E-state index in [1.807, 2.05) is 35.2 Å². The van der Waals surface area contributed by atoms with Crippen LogP contribution in [0.15, 0.2) is 34.9 Å². The van der Waals surface area contributed by atoms with E-state index >= 15 is 0 Å². The van der Waals surface area contributed by atoms with E-state index in [0.717, 1.165) is 28.8 Å². The van der Waals surface area contributed by atoms with E-state index in [9.17, 15) is 9.59 Å². The fourth-order valence-electron chi connectivity index (χ4n) is 5.67. The number of halogens is 1. The molecule has 3 unspecified atom stereocenters. The van der Waals surface area contributed by atoms with Gasteiger partial charge >= 0.3 is 0 Å². The number of piperidine rings is 1. The number of amides is 1. The summed E-state index contributed by atoms with van der Waals surface area (Å²) in [5, 5.41) is 8.74. The third-order valence-corrected chi connectivity index (χ3v) is 7.80. The van der Waals surface area contributed by atoms with Crippen molar-refractivity contribution in [2.75, 3.05) is 18.5 Å². The molecule has 1 amide bonds. The van der Waals surface area contributed by atoms with E-state index in [0.29, 0.717) is 41.9 Å². The van der Waals surface area contributed by atoms with E-state index in [1.165, 1.54) is 6.92 Å². The summed E-state index contributed by atoms with van der Waals surface area (Å²) < 4.78 is 8.60. The lowest BCUT2D eigenvalue weighted by Gasteiger charge is -2.28. The number of nitrogens with zero attached hydrogens (tertiary/aromatic N) is 4. The minimum absolute atomic E-state index is 0.0186. The third kappa shape index (κ3) is 3.57. The van der Waals surface area contributed by atoms with Crippen LogP contribution < -0.4 is 10.1 Å². The summed E-state index contributed by atoms with van der Waals surface area (Å²) >= 11 is 3.52. The molecular weight excluding hydrogens is 498 g/mol. The van der Waals surface area contributed by atoms with Gasteiger partial charge in [-0.15, -0.1) is 0 Å². The Balaban J connectivity index is 1.45. The van der Waals surface area contributed by atoms with E-state index in [4.69, 9.17) is 4.74 Å². The maximum atomic E-state index is 13.7. The third-order valence-electron chi connectivity index (χ3n) is 7.40. The molecule has 3 aliphatic rings. The molecule has 1 aliphatic carbocycles. The summed E-state index contributed by atoms with van der Waals surface area (Å²) in [7, 11) is 0. The monoisotopic (exact) mass is 523 g/mol. The van der Waals surface area contributed by atoms with Gasteiger partial charge in [0.15, 0.2) is 5.78 Å². The molecule has 0 spiro atoms. The molecule has 6 rings (SSSR count). The summed E-state index contributed by atoms with van der Waals surface area (Å²) in [5.74, 6) is 1.31. The Morgan fingerprint density at radius 2 is 2.15 bits per heavy atom. The van der Waals surface area contributed by atoms with Crippen LogP contribution in [-0.4, -0.2) is 56.6 Å². The number of nitrogens with one attached hydrogen (secondary N) is 1. The normalized spacial score (nSPS) is 26.1. The number of Topliss-reactive ketones (excluding diaryl/α,β-unsaturated/α-hetero) is 1. The maximum Gasteiger partial charge on any atom is 0.244 e. The lowest BCUT2D eigenvalue weighted by Crippen LogP contribution is -2.44. The molecule has 1 N–H and O–H groups in total. The van der Waals surface area contributed by atoms with Crippen molar-refractivity contribution < 1.29 is 14.3 Å². The molecule has 2 bridgehead atoms. The van der Waals surface area contributed by atoms with Crippen LogP contribution >= 0.6 is 15.9 Å². The molecule has 2 aromatic heterocycles.